The Kier molecular flexibility index (Phi) is 7.31. The van der Waals surface area contributed by atoms with Crippen LogP contribution in [-0.4, -0.2) is 45.9 Å². The zero-order valence-electron chi connectivity index (χ0n) is 18.9. The van der Waals surface area contributed by atoms with Gasteiger partial charge < -0.3 is 23.8 Å². The van der Waals surface area contributed by atoms with Crippen molar-refractivity contribution in [3.05, 3.63) is 52.5 Å². The van der Waals surface area contributed by atoms with Crippen LogP contribution >= 0.6 is 11.6 Å². The van der Waals surface area contributed by atoms with Crippen LogP contribution in [0.25, 0.3) is 0 Å². The first-order chi connectivity index (χ1) is 15.2. The van der Waals surface area contributed by atoms with E-state index in [1.54, 1.807) is 37.3 Å². The van der Waals surface area contributed by atoms with E-state index in [2.05, 4.69) is 0 Å². The Morgan fingerprint density at radius 2 is 1.94 bits per heavy atom. The predicted octanol–water partition coefficient (Wildman–Crippen LogP) is 4.40. The second-order valence-electron chi connectivity index (χ2n) is 8.40. The molecule has 0 saturated heterocycles. The highest BCUT2D eigenvalue weighted by molar-refractivity contribution is 6.30. The maximum absolute atomic E-state index is 13.1. The van der Waals surface area contributed by atoms with Crippen LogP contribution in [0.2, 0.25) is 5.02 Å². The number of hydrogen-bond acceptors (Lipinski definition) is 6. The summed E-state index contributed by atoms with van der Waals surface area (Å²) >= 11 is 6.34. The minimum Gasteiger partial charge on any atom is -0.493 e. The quantitative estimate of drug-likeness (QED) is 0.569. The summed E-state index contributed by atoms with van der Waals surface area (Å²) in [5, 5.41) is 0.521. The number of benzene rings is 2. The highest BCUT2D eigenvalue weighted by Gasteiger charge is 2.35. The van der Waals surface area contributed by atoms with Gasteiger partial charge in [-0.2, -0.15) is 0 Å². The summed E-state index contributed by atoms with van der Waals surface area (Å²) in [7, 11) is 3.13. The summed E-state index contributed by atoms with van der Waals surface area (Å²) in [4.78, 5) is 26.1. The number of halogens is 1. The lowest BCUT2D eigenvalue weighted by Crippen LogP contribution is -2.42. The lowest BCUT2D eigenvalue weighted by atomic mass is 9.92. The molecule has 7 nitrogen and oxygen atoms in total. The standard InChI is InChI=1S/C24H28ClNO6/c1-15(27)32-14-24(2,3)13-26-19-10-9-16(25)11-18(19)22(31-12-21(26)28)17-7-6-8-20(29-4)23(17)30-5/h6-11,22H,12-14H2,1-5H3/t22-/m1/s1. The summed E-state index contributed by atoms with van der Waals surface area (Å²) in [5.74, 6) is 0.531. The fourth-order valence-corrected chi connectivity index (χ4v) is 3.94. The number of fused-ring (bicyclic) bond motifs is 1. The largest absolute Gasteiger partial charge is 0.493 e. The predicted molar refractivity (Wildman–Crippen MR) is 122 cm³/mol. The van der Waals surface area contributed by atoms with Crippen molar-refractivity contribution in [1.29, 1.82) is 0 Å². The van der Waals surface area contributed by atoms with Gasteiger partial charge in [-0.05, 0) is 24.3 Å². The van der Waals surface area contributed by atoms with E-state index in [0.29, 0.717) is 28.8 Å². The first kappa shape index (κ1) is 23.9. The van der Waals surface area contributed by atoms with Crippen LogP contribution in [0.1, 0.15) is 38.0 Å². The summed E-state index contributed by atoms with van der Waals surface area (Å²) < 4.78 is 22.4. The Morgan fingerprint density at radius 1 is 1.19 bits per heavy atom. The first-order valence-corrected chi connectivity index (χ1v) is 10.6. The number of ether oxygens (including phenoxy) is 4. The summed E-state index contributed by atoms with van der Waals surface area (Å²) in [6, 6.07) is 10.9. The SMILES string of the molecule is COc1cccc([C@H]2OCC(=O)N(CC(C)(C)COC(C)=O)c3ccc(Cl)cc32)c1OC. The molecular formula is C24H28ClNO6. The first-order valence-electron chi connectivity index (χ1n) is 10.2. The van der Waals surface area contributed by atoms with E-state index < -0.39 is 11.5 Å². The van der Waals surface area contributed by atoms with Crippen molar-refractivity contribution in [2.45, 2.75) is 26.9 Å². The average Bonchev–Trinajstić information content (AvgIpc) is 2.88. The van der Waals surface area contributed by atoms with Gasteiger partial charge in [0, 0.05) is 40.7 Å². The van der Waals surface area contributed by atoms with Crippen molar-refractivity contribution in [2.75, 3.05) is 38.9 Å². The smallest absolute Gasteiger partial charge is 0.302 e. The molecule has 1 atom stereocenters. The monoisotopic (exact) mass is 461 g/mol. The molecule has 1 heterocycles. The summed E-state index contributed by atoms with van der Waals surface area (Å²) in [6.07, 6.45) is -0.598. The summed E-state index contributed by atoms with van der Waals surface area (Å²) in [5.41, 5.74) is 1.66. The van der Waals surface area contributed by atoms with Gasteiger partial charge in [-0.25, -0.2) is 0 Å². The number of rotatable bonds is 7. The van der Waals surface area contributed by atoms with Crippen molar-refractivity contribution >= 4 is 29.2 Å². The van der Waals surface area contributed by atoms with Gasteiger partial charge in [0.2, 0.25) is 0 Å². The Bertz CT molecular complexity index is 1010. The van der Waals surface area contributed by atoms with Gasteiger partial charge in [-0.15, -0.1) is 0 Å². The molecule has 2 aromatic rings. The minimum atomic E-state index is -0.598. The van der Waals surface area contributed by atoms with Crippen molar-refractivity contribution in [1.82, 2.24) is 0 Å². The van der Waals surface area contributed by atoms with Gasteiger partial charge in [0.15, 0.2) is 11.5 Å². The number of nitrogens with zero attached hydrogens (tertiary/aromatic N) is 1. The number of anilines is 1. The van der Waals surface area contributed by atoms with Gasteiger partial charge in [0.1, 0.15) is 12.7 Å². The number of hydrogen-bond donors (Lipinski definition) is 0. The maximum atomic E-state index is 13.1. The van der Waals surface area contributed by atoms with Gasteiger partial charge in [0.25, 0.3) is 5.91 Å². The minimum absolute atomic E-state index is 0.138. The Hall–Kier alpha value is -2.77. The van der Waals surface area contributed by atoms with Crippen LogP contribution in [0, 0.1) is 5.41 Å². The molecule has 0 saturated carbocycles. The second-order valence-corrected chi connectivity index (χ2v) is 8.84. The lowest BCUT2D eigenvalue weighted by molar-refractivity contribution is -0.143. The van der Waals surface area contributed by atoms with Crippen molar-refractivity contribution < 1.29 is 28.5 Å². The summed E-state index contributed by atoms with van der Waals surface area (Å²) in [6.45, 7) is 5.62. The zero-order chi connectivity index (χ0) is 23.5. The van der Waals surface area contributed by atoms with E-state index in [-0.39, 0.29) is 25.1 Å². The molecule has 1 aliphatic rings. The number of amides is 1. The third-order valence-electron chi connectivity index (χ3n) is 5.21. The van der Waals surface area contributed by atoms with E-state index in [9.17, 15) is 9.59 Å². The van der Waals surface area contributed by atoms with E-state index in [1.807, 2.05) is 32.0 Å². The number of carbonyl (C=O) groups excluding carboxylic acids is 2. The number of esters is 1. The third kappa shape index (κ3) is 5.16. The van der Waals surface area contributed by atoms with Crippen molar-refractivity contribution in [2.24, 2.45) is 5.41 Å². The molecule has 0 radical (unpaired) electrons. The van der Waals surface area contributed by atoms with E-state index in [1.165, 1.54) is 6.92 Å². The fourth-order valence-electron chi connectivity index (χ4n) is 3.76. The van der Waals surface area contributed by atoms with Crippen LogP contribution in [0.5, 0.6) is 11.5 Å². The highest BCUT2D eigenvalue weighted by atomic mass is 35.5. The molecule has 3 rings (SSSR count). The van der Waals surface area contributed by atoms with Crippen LogP contribution in [0.3, 0.4) is 0 Å². The molecule has 0 N–H and O–H groups in total. The molecule has 1 amide bonds. The molecule has 0 bridgehead atoms. The Balaban J connectivity index is 2.08. The number of methoxy groups -OCH3 is 2. The van der Waals surface area contributed by atoms with Gasteiger partial charge in [-0.3, -0.25) is 9.59 Å². The molecule has 172 valence electrons. The normalized spacial score (nSPS) is 16.2. The third-order valence-corrected chi connectivity index (χ3v) is 5.44. The molecule has 0 aromatic heterocycles. The van der Waals surface area contributed by atoms with E-state index >= 15 is 0 Å². The zero-order valence-corrected chi connectivity index (χ0v) is 19.7. The van der Waals surface area contributed by atoms with Gasteiger partial charge in [0.05, 0.1) is 20.8 Å². The fraction of sp³-hybridized carbons (Fsp3) is 0.417. The molecule has 0 aliphatic carbocycles. The molecule has 0 unspecified atom stereocenters. The molecule has 8 heteroatoms. The van der Waals surface area contributed by atoms with Crippen LogP contribution in [0.15, 0.2) is 36.4 Å². The molecule has 32 heavy (non-hydrogen) atoms. The van der Waals surface area contributed by atoms with E-state index in [0.717, 1.165) is 11.1 Å². The molecule has 2 aromatic carbocycles. The van der Waals surface area contributed by atoms with Crippen molar-refractivity contribution in [3.63, 3.8) is 0 Å². The number of para-hydroxylation sites is 1. The lowest BCUT2D eigenvalue weighted by Gasteiger charge is -2.32. The molecule has 0 spiro atoms. The van der Waals surface area contributed by atoms with Gasteiger partial charge in [-0.1, -0.05) is 37.6 Å². The average molecular weight is 462 g/mol. The van der Waals surface area contributed by atoms with Crippen LogP contribution < -0.4 is 14.4 Å². The molecule has 0 fully saturated rings. The van der Waals surface area contributed by atoms with Crippen LogP contribution in [-0.2, 0) is 19.1 Å². The van der Waals surface area contributed by atoms with Gasteiger partial charge >= 0.3 is 5.97 Å². The Morgan fingerprint density at radius 3 is 2.59 bits per heavy atom. The highest BCUT2D eigenvalue weighted by Crippen LogP contribution is 2.44. The molecular weight excluding hydrogens is 434 g/mol. The topological polar surface area (TPSA) is 74.3 Å². The Labute approximate surface area is 193 Å². The maximum Gasteiger partial charge on any atom is 0.302 e. The van der Waals surface area contributed by atoms with Crippen molar-refractivity contribution in [3.8, 4) is 11.5 Å². The molecule has 1 aliphatic heterocycles. The van der Waals surface area contributed by atoms with Crippen LogP contribution in [0.4, 0.5) is 5.69 Å². The van der Waals surface area contributed by atoms with E-state index in [4.69, 9.17) is 30.5 Å². The second kappa shape index (κ2) is 9.79. The number of carbonyl (C=O) groups is 2.